The Morgan fingerprint density at radius 3 is 2.29 bits per heavy atom. The van der Waals surface area contributed by atoms with Gasteiger partial charge in [-0.1, -0.05) is 30.3 Å². The number of ether oxygens (including phenoxy) is 2. The fourth-order valence-corrected chi connectivity index (χ4v) is 3.14. The van der Waals surface area contributed by atoms with Crippen LogP contribution < -0.4 is 9.47 Å². The van der Waals surface area contributed by atoms with Crippen molar-refractivity contribution in [2.45, 2.75) is 10.5 Å². The minimum atomic E-state index is -0.0154. The summed E-state index contributed by atoms with van der Waals surface area (Å²) in [6.07, 6.45) is 0. The molecule has 0 radical (unpaired) electrons. The summed E-state index contributed by atoms with van der Waals surface area (Å²) in [6, 6.07) is 14.9. The molecule has 5 heteroatoms. The first-order chi connectivity index (χ1) is 11.8. The Morgan fingerprint density at radius 1 is 0.958 bits per heavy atom. The molecular weight excluding hydrogens is 340 g/mol. The first kappa shape index (κ1) is 15.9. The lowest BCUT2D eigenvalue weighted by atomic mass is 10.0. The van der Waals surface area contributed by atoms with Gasteiger partial charge in [0.15, 0.2) is 5.78 Å². The summed E-state index contributed by atoms with van der Waals surface area (Å²) in [5, 5.41) is 1.17. The van der Waals surface area contributed by atoms with Gasteiger partial charge in [0.25, 0.3) is 0 Å². The third-order valence-electron chi connectivity index (χ3n) is 3.90. The van der Waals surface area contributed by atoms with Crippen molar-refractivity contribution in [2.75, 3.05) is 24.7 Å². The molecule has 3 nitrogen and oxygen atoms in total. The van der Waals surface area contributed by atoms with Gasteiger partial charge in [-0.3, -0.25) is 4.79 Å². The fourth-order valence-electron chi connectivity index (χ4n) is 2.34. The normalized spacial score (nSPS) is 21.2. The Bertz CT molecular complexity index is 725. The quantitative estimate of drug-likeness (QED) is 0.528. The highest BCUT2D eigenvalue weighted by Crippen LogP contribution is 2.34. The van der Waals surface area contributed by atoms with Crippen molar-refractivity contribution < 1.29 is 14.3 Å². The standard InChI is InChI=1S/C19H18O3S2/c20-19(13-4-2-1-3-5-13)17-7-6-14(21-9-15-11-23-15)8-18(17)22-10-16-12-24-16/h1-8,15-16H,9-12H2. The molecule has 24 heavy (non-hydrogen) atoms. The van der Waals surface area contributed by atoms with Gasteiger partial charge in [0.05, 0.1) is 5.56 Å². The van der Waals surface area contributed by atoms with Gasteiger partial charge in [-0.25, -0.2) is 0 Å². The lowest BCUT2D eigenvalue weighted by Gasteiger charge is -2.13. The van der Waals surface area contributed by atoms with Gasteiger partial charge < -0.3 is 9.47 Å². The molecule has 0 spiro atoms. The minimum Gasteiger partial charge on any atom is -0.492 e. The van der Waals surface area contributed by atoms with Crippen molar-refractivity contribution in [2.24, 2.45) is 0 Å². The highest BCUT2D eigenvalue weighted by atomic mass is 32.2. The zero-order valence-corrected chi connectivity index (χ0v) is 14.8. The van der Waals surface area contributed by atoms with Crippen molar-refractivity contribution in [3.05, 3.63) is 59.7 Å². The van der Waals surface area contributed by atoms with Gasteiger partial charge in [-0.05, 0) is 12.1 Å². The molecular formula is C19H18O3S2. The summed E-state index contributed by atoms with van der Waals surface area (Å²) >= 11 is 3.79. The van der Waals surface area contributed by atoms with Gasteiger partial charge in [0, 0.05) is 33.6 Å². The van der Waals surface area contributed by atoms with Crippen LogP contribution in [0.1, 0.15) is 15.9 Å². The number of carbonyl (C=O) groups excluding carboxylic acids is 1. The number of thioether (sulfide) groups is 2. The average Bonchev–Trinajstić information content (AvgIpc) is 3.53. The minimum absolute atomic E-state index is 0.0154. The number of rotatable bonds is 8. The lowest BCUT2D eigenvalue weighted by Crippen LogP contribution is -2.10. The lowest BCUT2D eigenvalue weighted by molar-refractivity contribution is 0.103. The zero-order valence-electron chi connectivity index (χ0n) is 13.1. The van der Waals surface area contributed by atoms with Crippen LogP contribution in [0.25, 0.3) is 0 Å². The van der Waals surface area contributed by atoms with Crippen LogP contribution >= 0.6 is 23.5 Å². The van der Waals surface area contributed by atoms with E-state index in [-0.39, 0.29) is 5.78 Å². The summed E-state index contributed by atoms with van der Waals surface area (Å²) in [6.45, 7) is 1.36. The molecule has 0 bridgehead atoms. The molecule has 4 rings (SSSR count). The molecule has 2 fully saturated rings. The van der Waals surface area contributed by atoms with Crippen LogP contribution in [0.5, 0.6) is 11.5 Å². The van der Waals surface area contributed by atoms with E-state index in [1.54, 1.807) is 0 Å². The third-order valence-corrected chi connectivity index (χ3v) is 5.78. The molecule has 0 saturated carbocycles. The topological polar surface area (TPSA) is 35.5 Å². The second-order valence-corrected chi connectivity index (χ2v) is 8.55. The van der Waals surface area contributed by atoms with Gasteiger partial charge in [0.2, 0.25) is 0 Å². The molecule has 2 aliphatic heterocycles. The number of hydrogen-bond donors (Lipinski definition) is 0. The molecule has 0 N–H and O–H groups in total. The maximum atomic E-state index is 12.8. The molecule has 2 aromatic rings. The van der Waals surface area contributed by atoms with Crippen LogP contribution in [-0.4, -0.2) is 41.0 Å². The molecule has 2 aromatic carbocycles. The van der Waals surface area contributed by atoms with Gasteiger partial charge in [-0.2, -0.15) is 23.5 Å². The fraction of sp³-hybridized carbons (Fsp3) is 0.316. The third kappa shape index (κ3) is 4.08. The maximum Gasteiger partial charge on any atom is 0.196 e. The summed E-state index contributed by atoms with van der Waals surface area (Å²) in [5.74, 6) is 3.69. The van der Waals surface area contributed by atoms with Crippen LogP contribution in [0.2, 0.25) is 0 Å². The van der Waals surface area contributed by atoms with Crippen molar-refractivity contribution in [3.8, 4) is 11.5 Å². The van der Waals surface area contributed by atoms with Crippen LogP contribution in [0.3, 0.4) is 0 Å². The van der Waals surface area contributed by atoms with E-state index in [1.807, 2.05) is 72.1 Å². The Morgan fingerprint density at radius 2 is 1.62 bits per heavy atom. The van der Waals surface area contributed by atoms with E-state index < -0.39 is 0 Å². The highest BCUT2D eigenvalue weighted by Gasteiger charge is 2.25. The maximum absolute atomic E-state index is 12.8. The Labute approximate surface area is 150 Å². The van der Waals surface area contributed by atoms with Crippen molar-refractivity contribution in [3.63, 3.8) is 0 Å². The van der Waals surface area contributed by atoms with Crippen molar-refractivity contribution in [1.82, 2.24) is 0 Å². The second kappa shape index (κ2) is 7.11. The van der Waals surface area contributed by atoms with Crippen LogP contribution in [0.15, 0.2) is 48.5 Å². The van der Waals surface area contributed by atoms with Gasteiger partial charge >= 0.3 is 0 Å². The monoisotopic (exact) mass is 358 g/mol. The molecule has 0 aliphatic carbocycles. The van der Waals surface area contributed by atoms with E-state index >= 15 is 0 Å². The largest absolute Gasteiger partial charge is 0.492 e. The van der Waals surface area contributed by atoms with Crippen molar-refractivity contribution in [1.29, 1.82) is 0 Å². The SMILES string of the molecule is O=C(c1ccccc1)c1ccc(OCC2CS2)cc1OCC1CS1. The van der Waals surface area contributed by atoms with E-state index in [2.05, 4.69) is 0 Å². The zero-order chi connectivity index (χ0) is 16.4. The smallest absolute Gasteiger partial charge is 0.196 e. The Balaban J connectivity index is 1.56. The number of hydrogen-bond acceptors (Lipinski definition) is 5. The predicted molar refractivity (Wildman–Crippen MR) is 99.8 cm³/mol. The molecule has 2 aliphatic rings. The van der Waals surface area contributed by atoms with Crippen LogP contribution in [-0.2, 0) is 0 Å². The first-order valence-electron chi connectivity index (χ1n) is 8.02. The van der Waals surface area contributed by atoms with E-state index in [0.29, 0.717) is 40.6 Å². The number of ketones is 1. The molecule has 2 unspecified atom stereocenters. The predicted octanol–water partition coefficient (Wildman–Crippen LogP) is 3.91. The van der Waals surface area contributed by atoms with Gasteiger partial charge in [0.1, 0.15) is 24.7 Å². The van der Waals surface area contributed by atoms with Gasteiger partial charge in [-0.15, -0.1) is 0 Å². The molecule has 124 valence electrons. The van der Waals surface area contributed by atoms with E-state index in [4.69, 9.17) is 9.47 Å². The number of carbonyl (C=O) groups is 1. The van der Waals surface area contributed by atoms with Crippen LogP contribution in [0.4, 0.5) is 0 Å². The number of benzene rings is 2. The Hall–Kier alpha value is -1.59. The first-order valence-corrected chi connectivity index (χ1v) is 10.1. The summed E-state index contributed by atoms with van der Waals surface area (Å²) in [7, 11) is 0. The second-order valence-electron chi connectivity index (χ2n) is 5.89. The van der Waals surface area contributed by atoms with Crippen LogP contribution in [0, 0.1) is 0 Å². The molecule has 2 saturated heterocycles. The summed E-state index contributed by atoms with van der Waals surface area (Å²) in [4.78, 5) is 12.8. The summed E-state index contributed by atoms with van der Waals surface area (Å²) in [5.41, 5.74) is 1.27. The van der Waals surface area contributed by atoms with E-state index in [9.17, 15) is 4.79 Å². The highest BCUT2D eigenvalue weighted by molar-refractivity contribution is 8.07. The average molecular weight is 358 g/mol. The summed E-state index contributed by atoms with van der Waals surface area (Å²) < 4.78 is 11.8. The molecule has 0 aromatic heterocycles. The molecule has 2 heterocycles. The van der Waals surface area contributed by atoms with E-state index in [1.165, 1.54) is 5.75 Å². The van der Waals surface area contributed by atoms with E-state index in [0.717, 1.165) is 11.5 Å². The molecule has 0 amide bonds. The Kier molecular flexibility index (Phi) is 4.72. The van der Waals surface area contributed by atoms with Crippen molar-refractivity contribution >= 4 is 29.3 Å². The molecule has 2 atom stereocenters.